The number of aromatic nitrogens is 1. The van der Waals surface area contributed by atoms with Crippen LogP contribution in [0.25, 0.3) is 10.9 Å². The molecule has 2 aliphatic heterocycles. The monoisotopic (exact) mass is 560 g/mol. The van der Waals surface area contributed by atoms with E-state index in [9.17, 15) is 10.2 Å². The highest BCUT2D eigenvalue weighted by molar-refractivity contribution is 6.31. The van der Waals surface area contributed by atoms with Crippen molar-refractivity contribution in [1.82, 2.24) is 9.47 Å². The maximum absolute atomic E-state index is 13.0. The van der Waals surface area contributed by atoms with Crippen molar-refractivity contribution >= 4 is 34.9 Å². The Bertz CT molecular complexity index is 1660. The van der Waals surface area contributed by atoms with Crippen molar-refractivity contribution in [3.8, 4) is 11.5 Å². The Hall–Kier alpha value is -2.96. The molecule has 39 heavy (non-hydrogen) atoms. The normalized spacial score (nSPS) is 27.8. The second kappa shape index (κ2) is 8.52. The van der Waals surface area contributed by atoms with Crippen LogP contribution in [-0.4, -0.2) is 44.4 Å². The van der Waals surface area contributed by atoms with Crippen LogP contribution in [-0.2, 0) is 24.8 Å². The molecular weight excluding hydrogens is 531 g/mol. The summed E-state index contributed by atoms with van der Waals surface area (Å²) in [6.45, 7) is 6.17. The van der Waals surface area contributed by atoms with Crippen molar-refractivity contribution in [3.63, 3.8) is 0 Å². The molecule has 5 nitrogen and oxygen atoms in total. The molecule has 1 spiro atoms. The number of ether oxygens (including phenoxy) is 1. The highest BCUT2D eigenvalue weighted by atomic mass is 35.5. The zero-order valence-electron chi connectivity index (χ0n) is 21.4. The Balaban J connectivity index is 0.00000253. The summed E-state index contributed by atoms with van der Waals surface area (Å²) in [5.41, 5.74) is 4.87. The van der Waals surface area contributed by atoms with Gasteiger partial charge in [0, 0.05) is 53.6 Å². The standard InChI is InChI=1S/C32H29ClN2O3.ClH/c1-2-14-34-15-13-31-27-19-11-12-25(36)29(27)38-30(31)28-22(17-32(31,37)26(34)16-19)21-8-4-6-10-24(21)35(28)18-20-7-3-5-9-23(20)33;/h2-12,26,30,36-37H,1,13-18H2;1H/t26-,30-,31-,32+;/m0./s1. The predicted octanol–water partition coefficient (Wildman–Crippen LogP) is 5.95. The van der Waals surface area contributed by atoms with Gasteiger partial charge in [0.2, 0.25) is 0 Å². The maximum Gasteiger partial charge on any atom is 0.166 e. The average Bonchev–Trinajstić information content (AvgIpc) is 3.41. The molecule has 200 valence electrons. The summed E-state index contributed by atoms with van der Waals surface area (Å²) in [6, 6.07) is 20.1. The number of likely N-dealkylation sites (tertiary alicyclic amines) is 1. The van der Waals surface area contributed by atoms with Crippen LogP contribution >= 0.6 is 24.0 Å². The van der Waals surface area contributed by atoms with E-state index >= 15 is 0 Å². The minimum atomic E-state index is -1.04. The third-order valence-electron chi connectivity index (χ3n) is 9.79. The van der Waals surface area contributed by atoms with Gasteiger partial charge in [-0.1, -0.05) is 60.1 Å². The lowest BCUT2D eigenvalue weighted by Crippen LogP contribution is -2.74. The number of para-hydroxylation sites is 1. The van der Waals surface area contributed by atoms with Crippen LogP contribution in [0.3, 0.4) is 0 Å². The number of aliphatic hydroxyl groups is 1. The number of fused-ring (bicyclic) bond motifs is 4. The van der Waals surface area contributed by atoms with Gasteiger partial charge < -0.3 is 19.5 Å². The van der Waals surface area contributed by atoms with Gasteiger partial charge in [0.15, 0.2) is 17.6 Å². The lowest BCUT2D eigenvalue weighted by molar-refractivity contribution is -0.171. The van der Waals surface area contributed by atoms with E-state index in [-0.39, 0.29) is 24.2 Å². The van der Waals surface area contributed by atoms with Crippen LogP contribution in [0, 0.1) is 0 Å². The molecule has 0 amide bonds. The highest BCUT2D eigenvalue weighted by Gasteiger charge is 2.73. The van der Waals surface area contributed by atoms with Crippen molar-refractivity contribution < 1.29 is 14.9 Å². The first kappa shape index (κ1) is 25.0. The SMILES string of the molecule is C=CCN1CC[C@]23c4c5ccc(O)c4O[C@H]2c2c(c4ccccc4n2Cc2ccccc2Cl)C[C@@]3(O)[C@@H]1C5.Cl. The lowest BCUT2D eigenvalue weighted by Gasteiger charge is -2.62. The highest BCUT2D eigenvalue weighted by Crippen LogP contribution is 2.69. The molecule has 1 fully saturated rings. The van der Waals surface area contributed by atoms with Gasteiger partial charge in [0.05, 0.1) is 16.7 Å². The molecule has 4 aromatic rings. The van der Waals surface area contributed by atoms with Crippen molar-refractivity contribution in [1.29, 1.82) is 0 Å². The van der Waals surface area contributed by atoms with E-state index in [1.165, 1.54) is 5.56 Å². The van der Waals surface area contributed by atoms with Gasteiger partial charge in [-0.2, -0.15) is 0 Å². The molecule has 0 radical (unpaired) electrons. The molecule has 8 rings (SSSR count). The van der Waals surface area contributed by atoms with Crippen molar-refractivity contribution in [2.24, 2.45) is 0 Å². The Morgan fingerprint density at radius 2 is 1.90 bits per heavy atom. The first-order valence-corrected chi connectivity index (χ1v) is 13.8. The lowest BCUT2D eigenvalue weighted by atomic mass is 9.49. The Labute approximate surface area is 238 Å². The minimum absolute atomic E-state index is 0. The zero-order chi connectivity index (χ0) is 25.8. The topological polar surface area (TPSA) is 57.9 Å². The Kier molecular flexibility index (Phi) is 5.47. The van der Waals surface area contributed by atoms with E-state index in [1.54, 1.807) is 6.07 Å². The molecule has 0 saturated carbocycles. The van der Waals surface area contributed by atoms with Crippen molar-refractivity contribution in [3.05, 3.63) is 106 Å². The quantitative estimate of drug-likeness (QED) is 0.303. The molecule has 4 atom stereocenters. The van der Waals surface area contributed by atoms with Gasteiger partial charge in [-0.25, -0.2) is 0 Å². The van der Waals surface area contributed by atoms with E-state index in [2.05, 4.69) is 46.4 Å². The summed E-state index contributed by atoms with van der Waals surface area (Å²) in [5, 5.41) is 25.9. The van der Waals surface area contributed by atoms with Crippen molar-refractivity contribution in [2.45, 2.75) is 49.0 Å². The van der Waals surface area contributed by atoms with Crippen molar-refractivity contribution in [2.75, 3.05) is 13.1 Å². The number of nitrogens with zero attached hydrogens (tertiary/aromatic N) is 2. The number of phenols is 1. The number of benzene rings is 3. The second-order valence-corrected chi connectivity index (χ2v) is 11.7. The van der Waals surface area contributed by atoms with E-state index in [1.807, 2.05) is 30.3 Å². The third kappa shape index (κ3) is 2.99. The number of halogens is 2. The van der Waals surface area contributed by atoms with E-state index < -0.39 is 17.1 Å². The molecule has 3 heterocycles. The molecule has 1 saturated heterocycles. The molecule has 2 aliphatic carbocycles. The molecule has 2 bridgehead atoms. The summed E-state index contributed by atoms with van der Waals surface area (Å²) in [6.07, 6.45) is 3.52. The summed E-state index contributed by atoms with van der Waals surface area (Å²) in [5.74, 6) is 0.695. The molecule has 2 N–H and O–H groups in total. The van der Waals surface area contributed by atoms with Crippen LogP contribution < -0.4 is 4.74 Å². The largest absolute Gasteiger partial charge is 0.504 e. The molecule has 7 heteroatoms. The summed E-state index contributed by atoms with van der Waals surface area (Å²) >= 11 is 6.65. The number of piperidine rings is 1. The van der Waals surface area contributed by atoms with Gasteiger partial charge in [-0.15, -0.1) is 19.0 Å². The fraction of sp³-hybridized carbons (Fsp3) is 0.312. The fourth-order valence-electron chi connectivity index (χ4n) is 8.30. The Morgan fingerprint density at radius 3 is 2.72 bits per heavy atom. The van der Waals surface area contributed by atoms with Gasteiger partial charge in [0.1, 0.15) is 0 Å². The zero-order valence-corrected chi connectivity index (χ0v) is 23.0. The smallest absolute Gasteiger partial charge is 0.166 e. The molecule has 4 aliphatic rings. The third-order valence-corrected chi connectivity index (χ3v) is 10.2. The summed E-state index contributed by atoms with van der Waals surface area (Å²) in [7, 11) is 0. The van der Waals surface area contributed by atoms with Gasteiger partial charge in [-0.05, 0) is 47.7 Å². The number of hydrogen-bond donors (Lipinski definition) is 2. The van der Waals surface area contributed by atoms with Crippen LogP contribution in [0.4, 0.5) is 0 Å². The fourth-order valence-corrected chi connectivity index (χ4v) is 8.50. The number of aromatic hydroxyl groups is 1. The Morgan fingerprint density at radius 1 is 1.10 bits per heavy atom. The van der Waals surface area contributed by atoms with Gasteiger partial charge >= 0.3 is 0 Å². The molecule has 1 aromatic heterocycles. The van der Waals surface area contributed by atoms with Gasteiger partial charge in [-0.3, -0.25) is 4.90 Å². The van der Waals surface area contributed by atoms with Crippen LogP contribution in [0.5, 0.6) is 11.5 Å². The molecular formula is C32H30Cl2N2O3. The molecule has 0 unspecified atom stereocenters. The number of phenolic OH excluding ortho intramolecular Hbond substituents is 1. The van der Waals surface area contributed by atoms with Crippen LogP contribution in [0.15, 0.2) is 73.3 Å². The molecule has 3 aromatic carbocycles. The minimum Gasteiger partial charge on any atom is -0.504 e. The predicted molar refractivity (Wildman–Crippen MR) is 155 cm³/mol. The number of hydrogen-bond acceptors (Lipinski definition) is 4. The van der Waals surface area contributed by atoms with Crippen LogP contribution in [0.2, 0.25) is 5.02 Å². The first-order valence-electron chi connectivity index (χ1n) is 13.4. The van der Waals surface area contributed by atoms with Gasteiger partial charge in [0.25, 0.3) is 0 Å². The maximum atomic E-state index is 13.0. The van der Waals surface area contributed by atoms with E-state index in [0.29, 0.717) is 18.7 Å². The second-order valence-electron chi connectivity index (χ2n) is 11.3. The van der Waals surface area contributed by atoms with E-state index in [4.69, 9.17) is 16.3 Å². The number of rotatable bonds is 4. The first-order chi connectivity index (χ1) is 18.5. The van der Waals surface area contributed by atoms with Crippen LogP contribution in [0.1, 0.15) is 40.5 Å². The summed E-state index contributed by atoms with van der Waals surface area (Å²) < 4.78 is 9.17. The van der Waals surface area contributed by atoms with E-state index in [0.717, 1.165) is 64.2 Å². The summed E-state index contributed by atoms with van der Waals surface area (Å²) in [4.78, 5) is 2.39. The average molecular weight is 562 g/mol.